The first-order valence-electron chi connectivity index (χ1n) is 8.07. The first-order chi connectivity index (χ1) is 9.83. The van der Waals surface area contributed by atoms with E-state index in [-0.39, 0.29) is 0 Å². The lowest BCUT2D eigenvalue weighted by molar-refractivity contribution is 0.302. The highest BCUT2D eigenvalue weighted by Crippen LogP contribution is 2.12. The number of ether oxygens (including phenoxy) is 1. The van der Waals surface area contributed by atoms with E-state index in [1.807, 2.05) is 0 Å². The van der Waals surface area contributed by atoms with Crippen LogP contribution >= 0.6 is 0 Å². The molecule has 0 N–H and O–H groups in total. The van der Waals surface area contributed by atoms with Crippen molar-refractivity contribution in [3.63, 3.8) is 0 Å². The van der Waals surface area contributed by atoms with Gasteiger partial charge in [0.1, 0.15) is 5.75 Å². The van der Waals surface area contributed by atoms with Crippen molar-refractivity contribution in [2.45, 2.75) is 71.1 Å². The van der Waals surface area contributed by atoms with Crippen molar-refractivity contribution >= 4 is 0 Å². The van der Waals surface area contributed by atoms with E-state index in [2.05, 4.69) is 11.9 Å². The van der Waals surface area contributed by atoms with Crippen LogP contribution in [0.4, 0.5) is 4.39 Å². The van der Waals surface area contributed by atoms with Gasteiger partial charge in [-0.3, -0.25) is 0 Å². The maximum absolute atomic E-state index is 12.6. The van der Waals surface area contributed by atoms with Gasteiger partial charge in [-0.2, -0.15) is 4.39 Å². The molecule has 0 spiro atoms. The minimum Gasteiger partial charge on any atom is -0.492 e. The molecule has 0 saturated heterocycles. The molecule has 0 aliphatic heterocycles. The lowest BCUT2D eigenvalue weighted by atomic mass is 10.1. The Morgan fingerprint density at radius 3 is 2.05 bits per heavy atom. The van der Waals surface area contributed by atoms with Gasteiger partial charge in [0.05, 0.1) is 12.8 Å². The van der Waals surface area contributed by atoms with E-state index < -0.39 is 5.95 Å². The summed E-state index contributed by atoms with van der Waals surface area (Å²) in [6.45, 7) is 2.95. The molecule has 20 heavy (non-hydrogen) atoms. The topological polar surface area (TPSA) is 22.1 Å². The van der Waals surface area contributed by atoms with Crippen molar-refractivity contribution in [2.24, 2.45) is 0 Å². The third-order valence-electron chi connectivity index (χ3n) is 3.47. The van der Waals surface area contributed by atoms with Gasteiger partial charge in [-0.25, -0.2) is 4.98 Å². The zero-order valence-corrected chi connectivity index (χ0v) is 12.7. The lowest BCUT2D eigenvalue weighted by Crippen LogP contribution is -1.98. The van der Waals surface area contributed by atoms with Gasteiger partial charge in [-0.05, 0) is 18.6 Å². The van der Waals surface area contributed by atoms with Gasteiger partial charge in [-0.1, -0.05) is 64.7 Å². The summed E-state index contributed by atoms with van der Waals surface area (Å²) in [6, 6.07) is 2.95. The van der Waals surface area contributed by atoms with Crippen LogP contribution in [0, 0.1) is 5.95 Å². The lowest BCUT2D eigenvalue weighted by Gasteiger charge is -2.05. The molecule has 3 heteroatoms. The first-order valence-corrected chi connectivity index (χ1v) is 8.07. The summed E-state index contributed by atoms with van der Waals surface area (Å²) in [5, 5.41) is 0. The summed E-state index contributed by atoms with van der Waals surface area (Å²) < 4.78 is 18.1. The number of unbranched alkanes of at least 4 members (excludes halogenated alkanes) is 9. The van der Waals surface area contributed by atoms with E-state index in [9.17, 15) is 4.39 Å². The average molecular weight is 281 g/mol. The van der Waals surface area contributed by atoms with Gasteiger partial charge in [0, 0.05) is 0 Å². The maximum Gasteiger partial charge on any atom is 0.213 e. The fourth-order valence-corrected chi connectivity index (χ4v) is 2.23. The molecule has 0 radical (unpaired) electrons. The number of rotatable bonds is 12. The summed E-state index contributed by atoms with van der Waals surface area (Å²) in [6.07, 6.45) is 14.6. The molecule has 1 aromatic heterocycles. The van der Waals surface area contributed by atoms with Crippen LogP contribution in [0.1, 0.15) is 71.1 Å². The van der Waals surface area contributed by atoms with Crippen LogP contribution in [0.2, 0.25) is 0 Å². The van der Waals surface area contributed by atoms with Gasteiger partial charge < -0.3 is 4.74 Å². The number of nitrogens with zero attached hydrogens (tertiary/aromatic N) is 1. The Morgan fingerprint density at radius 1 is 0.900 bits per heavy atom. The predicted molar refractivity (Wildman–Crippen MR) is 81.5 cm³/mol. The molecule has 114 valence electrons. The van der Waals surface area contributed by atoms with Gasteiger partial charge in [-0.15, -0.1) is 0 Å². The summed E-state index contributed by atoms with van der Waals surface area (Å²) in [5.74, 6) is 0.193. The van der Waals surface area contributed by atoms with Crippen molar-refractivity contribution in [2.75, 3.05) is 6.61 Å². The Balaban J connectivity index is 1.84. The summed E-state index contributed by atoms with van der Waals surface area (Å²) in [5.41, 5.74) is 0. The minimum atomic E-state index is -0.462. The zero-order valence-electron chi connectivity index (χ0n) is 12.7. The Bertz CT molecular complexity index is 326. The molecule has 0 aliphatic carbocycles. The maximum atomic E-state index is 12.6. The van der Waals surface area contributed by atoms with Crippen molar-refractivity contribution in [1.82, 2.24) is 4.98 Å². The number of pyridine rings is 1. The van der Waals surface area contributed by atoms with Gasteiger partial charge in [0.15, 0.2) is 0 Å². The summed E-state index contributed by atoms with van der Waals surface area (Å²) in [7, 11) is 0. The van der Waals surface area contributed by atoms with Gasteiger partial charge >= 0.3 is 0 Å². The van der Waals surface area contributed by atoms with Gasteiger partial charge in [0.25, 0.3) is 0 Å². The average Bonchev–Trinajstić information content (AvgIpc) is 2.47. The van der Waals surface area contributed by atoms with Crippen LogP contribution in [0.25, 0.3) is 0 Å². The van der Waals surface area contributed by atoms with Crippen LogP contribution in [-0.4, -0.2) is 11.6 Å². The van der Waals surface area contributed by atoms with Crippen LogP contribution in [0.3, 0.4) is 0 Å². The van der Waals surface area contributed by atoms with Crippen molar-refractivity contribution in [1.29, 1.82) is 0 Å². The third-order valence-corrected chi connectivity index (χ3v) is 3.47. The second-order valence-corrected chi connectivity index (χ2v) is 5.35. The second kappa shape index (κ2) is 11.7. The normalized spacial score (nSPS) is 10.7. The largest absolute Gasteiger partial charge is 0.492 e. The quantitative estimate of drug-likeness (QED) is 0.372. The van der Waals surface area contributed by atoms with Crippen LogP contribution in [0.15, 0.2) is 18.3 Å². The summed E-state index contributed by atoms with van der Waals surface area (Å²) in [4.78, 5) is 3.56. The molecule has 0 fully saturated rings. The molecule has 1 aromatic rings. The highest BCUT2D eigenvalue weighted by molar-refractivity contribution is 5.15. The van der Waals surface area contributed by atoms with E-state index in [0.717, 1.165) is 6.42 Å². The molecule has 0 saturated carbocycles. The van der Waals surface area contributed by atoms with Crippen molar-refractivity contribution in [3.8, 4) is 5.75 Å². The van der Waals surface area contributed by atoms with Crippen molar-refractivity contribution < 1.29 is 9.13 Å². The number of hydrogen-bond donors (Lipinski definition) is 0. The monoisotopic (exact) mass is 281 g/mol. The number of hydrogen-bond acceptors (Lipinski definition) is 2. The van der Waals surface area contributed by atoms with E-state index >= 15 is 0 Å². The molecule has 2 nitrogen and oxygen atoms in total. The minimum absolute atomic E-state index is 0.462. The van der Waals surface area contributed by atoms with Crippen LogP contribution in [-0.2, 0) is 0 Å². The van der Waals surface area contributed by atoms with E-state index in [1.54, 1.807) is 6.07 Å². The van der Waals surface area contributed by atoms with Crippen molar-refractivity contribution in [3.05, 3.63) is 24.3 Å². The fourth-order valence-electron chi connectivity index (χ4n) is 2.23. The van der Waals surface area contributed by atoms with E-state index in [1.165, 1.54) is 70.1 Å². The van der Waals surface area contributed by atoms with E-state index in [4.69, 9.17) is 4.74 Å². The zero-order chi connectivity index (χ0) is 14.5. The Hall–Kier alpha value is -1.12. The van der Waals surface area contributed by atoms with Crippen LogP contribution in [0.5, 0.6) is 5.75 Å². The third kappa shape index (κ3) is 8.89. The fraction of sp³-hybridized carbons (Fsp3) is 0.706. The summed E-state index contributed by atoms with van der Waals surface area (Å²) >= 11 is 0. The predicted octanol–water partition coefficient (Wildman–Crippen LogP) is 5.52. The SMILES string of the molecule is CCCCCCCCCCCCOc1ccc(F)nc1. The highest BCUT2D eigenvalue weighted by Gasteiger charge is 1.96. The molecule has 1 rings (SSSR count). The molecule has 1 heterocycles. The first kappa shape index (κ1) is 16.9. The smallest absolute Gasteiger partial charge is 0.213 e. The Labute approximate surface area is 122 Å². The standard InChI is InChI=1S/C17H28FNO/c1-2-3-4-5-6-7-8-9-10-11-14-20-16-12-13-17(18)19-15-16/h12-13,15H,2-11,14H2,1H3. The second-order valence-electron chi connectivity index (χ2n) is 5.35. The van der Waals surface area contributed by atoms with E-state index in [0.29, 0.717) is 12.4 Å². The molecular weight excluding hydrogens is 253 g/mol. The molecule has 0 amide bonds. The number of halogens is 1. The molecule has 0 atom stereocenters. The Morgan fingerprint density at radius 2 is 1.50 bits per heavy atom. The molecule has 0 aromatic carbocycles. The molecule has 0 aliphatic rings. The number of aromatic nitrogens is 1. The van der Waals surface area contributed by atoms with Crippen LogP contribution < -0.4 is 4.74 Å². The molecular formula is C17H28FNO. The highest BCUT2D eigenvalue weighted by atomic mass is 19.1. The molecule has 0 unspecified atom stereocenters. The molecule has 0 bridgehead atoms. The Kier molecular flexibility index (Phi) is 9.89. The van der Waals surface area contributed by atoms with Gasteiger partial charge in [0.2, 0.25) is 5.95 Å².